The van der Waals surface area contributed by atoms with Crippen molar-refractivity contribution in [3.8, 4) is 5.75 Å². The standard InChI is InChI=1S/C14H10N2O3/c1-8-10(5-2-6-11(8)17)16-13(18)9-4-3-7-15-12(9)14(16)19/h2-7,17H,1H3. The van der Waals surface area contributed by atoms with Crippen LogP contribution in [0, 0.1) is 6.92 Å². The van der Waals surface area contributed by atoms with Gasteiger partial charge in [0.25, 0.3) is 11.8 Å². The summed E-state index contributed by atoms with van der Waals surface area (Å²) in [5, 5.41) is 9.69. The SMILES string of the molecule is Cc1c(O)cccc1N1C(=O)c2cccnc2C1=O. The van der Waals surface area contributed by atoms with Crippen LogP contribution in [0.1, 0.15) is 26.4 Å². The van der Waals surface area contributed by atoms with E-state index in [4.69, 9.17) is 0 Å². The van der Waals surface area contributed by atoms with Crippen molar-refractivity contribution >= 4 is 17.5 Å². The van der Waals surface area contributed by atoms with Crippen LogP contribution < -0.4 is 4.90 Å². The van der Waals surface area contributed by atoms with E-state index in [-0.39, 0.29) is 17.0 Å². The molecule has 1 aromatic carbocycles. The highest BCUT2D eigenvalue weighted by atomic mass is 16.3. The summed E-state index contributed by atoms with van der Waals surface area (Å²) < 4.78 is 0. The minimum atomic E-state index is -0.464. The molecule has 0 saturated carbocycles. The van der Waals surface area contributed by atoms with Crippen molar-refractivity contribution in [2.45, 2.75) is 6.92 Å². The van der Waals surface area contributed by atoms with Crippen LogP contribution >= 0.6 is 0 Å². The van der Waals surface area contributed by atoms with Gasteiger partial charge in [-0.3, -0.25) is 14.6 Å². The first-order chi connectivity index (χ1) is 9.11. The zero-order chi connectivity index (χ0) is 13.6. The second-order valence-electron chi connectivity index (χ2n) is 4.27. The van der Waals surface area contributed by atoms with Crippen molar-refractivity contribution in [3.63, 3.8) is 0 Å². The Morgan fingerprint density at radius 2 is 1.89 bits per heavy atom. The van der Waals surface area contributed by atoms with Crippen LogP contribution in [0.25, 0.3) is 0 Å². The lowest BCUT2D eigenvalue weighted by Gasteiger charge is -2.16. The van der Waals surface area contributed by atoms with Gasteiger partial charge < -0.3 is 5.11 Å². The number of anilines is 1. The van der Waals surface area contributed by atoms with Crippen molar-refractivity contribution in [1.29, 1.82) is 0 Å². The topological polar surface area (TPSA) is 70.5 Å². The van der Waals surface area contributed by atoms with Crippen LogP contribution in [0.2, 0.25) is 0 Å². The van der Waals surface area contributed by atoms with Gasteiger partial charge in [0.05, 0.1) is 11.3 Å². The molecular formula is C14H10N2O3. The summed E-state index contributed by atoms with van der Waals surface area (Å²) in [5.74, 6) is -0.835. The number of benzene rings is 1. The van der Waals surface area contributed by atoms with Gasteiger partial charge in [0.1, 0.15) is 11.4 Å². The summed E-state index contributed by atoms with van der Waals surface area (Å²) in [4.78, 5) is 29.5. The van der Waals surface area contributed by atoms with Gasteiger partial charge in [0, 0.05) is 11.8 Å². The third kappa shape index (κ3) is 1.52. The Morgan fingerprint density at radius 1 is 1.11 bits per heavy atom. The number of rotatable bonds is 1. The van der Waals surface area contributed by atoms with Gasteiger partial charge in [-0.05, 0) is 31.2 Å². The number of amides is 2. The average molecular weight is 254 g/mol. The molecule has 19 heavy (non-hydrogen) atoms. The van der Waals surface area contributed by atoms with Gasteiger partial charge in [0.2, 0.25) is 0 Å². The maximum Gasteiger partial charge on any atom is 0.284 e. The number of pyridine rings is 1. The maximum absolute atomic E-state index is 12.3. The number of nitrogens with zero attached hydrogens (tertiary/aromatic N) is 2. The molecular weight excluding hydrogens is 244 g/mol. The normalized spacial score (nSPS) is 13.8. The Balaban J connectivity index is 2.17. The average Bonchev–Trinajstić information content (AvgIpc) is 2.67. The molecule has 0 atom stereocenters. The molecule has 2 aromatic rings. The van der Waals surface area contributed by atoms with E-state index in [1.807, 2.05) is 0 Å². The van der Waals surface area contributed by atoms with Gasteiger partial charge in [-0.1, -0.05) is 6.07 Å². The zero-order valence-corrected chi connectivity index (χ0v) is 10.1. The number of phenols is 1. The van der Waals surface area contributed by atoms with Crippen LogP contribution in [0.3, 0.4) is 0 Å². The maximum atomic E-state index is 12.3. The molecule has 2 amide bonds. The first kappa shape index (κ1) is 11.4. The highest BCUT2D eigenvalue weighted by Gasteiger charge is 2.38. The fraction of sp³-hybridized carbons (Fsp3) is 0.0714. The third-order valence-electron chi connectivity index (χ3n) is 3.16. The highest BCUT2D eigenvalue weighted by molar-refractivity contribution is 6.34. The second-order valence-corrected chi connectivity index (χ2v) is 4.27. The Hall–Kier alpha value is -2.69. The number of hydrogen-bond donors (Lipinski definition) is 1. The molecule has 0 aliphatic carbocycles. The molecule has 0 fully saturated rings. The molecule has 5 nitrogen and oxygen atoms in total. The summed E-state index contributed by atoms with van der Waals surface area (Å²) in [6.45, 7) is 1.65. The van der Waals surface area contributed by atoms with E-state index in [0.717, 1.165) is 4.90 Å². The number of phenolic OH excluding ortho intramolecular Hbond substituents is 1. The van der Waals surface area contributed by atoms with E-state index < -0.39 is 11.8 Å². The van der Waals surface area contributed by atoms with E-state index in [1.165, 1.54) is 12.3 Å². The lowest BCUT2D eigenvalue weighted by molar-refractivity contribution is 0.0924. The van der Waals surface area contributed by atoms with Crippen LogP contribution in [0.4, 0.5) is 5.69 Å². The number of aromatic nitrogens is 1. The molecule has 1 aromatic heterocycles. The first-order valence-corrected chi connectivity index (χ1v) is 5.73. The van der Waals surface area contributed by atoms with E-state index in [0.29, 0.717) is 11.3 Å². The van der Waals surface area contributed by atoms with Crippen molar-refractivity contribution in [1.82, 2.24) is 4.98 Å². The fourth-order valence-corrected chi connectivity index (χ4v) is 2.14. The highest BCUT2D eigenvalue weighted by Crippen LogP contribution is 2.32. The lowest BCUT2D eigenvalue weighted by Crippen LogP contribution is -2.30. The summed E-state index contributed by atoms with van der Waals surface area (Å²) in [6.07, 6.45) is 1.48. The Labute approximate surface area is 109 Å². The molecule has 1 aliphatic heterocycles. The molecule has 0 unspecified atom stereocenters. The van der Waals surface area contributed by atoms with Crippen molar-refractivity contribution in [2.24, 2.45) is 0 Å². The number of fused-ring (bicyclic) bond motifs is 1. The quantitative estimate of drug-likeness (QED) is 0.789. The molecule has 1 aliphatic rings. The summed E-state index contributed by atoms with van der Waals surface area (Å²) in [6, 6.07) is 7.91. The Kier molecular flexibility index (Phi) is 2.35. The number of carbonyl (C=O) groups excluding carboxylic acids is 2. The van der Waals surface area contributed by atoms with Crippen molar-refractivity contribution in [2.75, 3.05) is 4.90 Å². The summed E-state index contributed by atoms with van der Waals surface area (Å²) in [7, 11) is 0. The largest absolute Gasteiger partial charge is 0.508 e. The van der Waals surface area contributed by atoms with Gasteiger partial charge in [-0.25, -0.2) is 4.90 Å². The second kappa shape index (κ2) is 3.91. The van der Waals surface area contributed by atoms with Gasteiger partial charge in [-0.2, -0.15) is 0 Å². The lowest BCUT2D eigenvalue weighted by atomic mass is 10.1. The van der Waals surface area contributed by atoms with Gasteiger partial charge in [-0.15, -0.1) is 0 Å². The molecule has 2 heterocycles. The van der Waals surface area contributed by atoms with Crippen molar-refractivity contribution < 1.29 is 14.7 Å². The third-order valence-corrected chi connectivity index (χ3v) is 3.16. The molecule has 0 spiro atoms. The minimum Gasteiger partial charge on any atom is -0.508 e. The number of carbonyl (C=O) groups is 2. The molecule has 1 N–H and O–H groups in total. The first-order valence-electron chi connectivity index (χ1n) is 5.73. The van der Waals surface area contributed by atoms with Crippen molar-refractivity contribution in [3.05, 3.63) is 53.3 Å². The molecule has 3 rings (SSSR count). The smallest absolute Gasteiger partial charge is 0.284 e. The van der Waals surface area contributed by atoms with E-state index >= 15 is 0 Å². The predicted molar refractivity (Wildman–Crippen MR) is 68.2 cm³/mol. The number of imide groups is 1. The molecule has 94 valence electrons. The van der Waals surface area contributed by atoms with E-state index in [1.54, 1.807) is 31.2 Å². The van der Waals surface area contributed by atoms with Gasteiger partial charge >= 0.3 is 0 Å². The monoisotopic (exact) mass is 254 g/mol. The fourth-order valence-electron chi connectivity index (χ4n) is 2.14. The van der Waals surface area contributed by atoms with E-state index in [2.05, 4.69) is 4.98 Å². The minimum absolute atomic E-state index is 0.0435. The number of aromatic hydroxyl groups is 1. The number of hydrogen-bond acceptors (Lipinski definition) is 4. The van der Waals surface area contributed by atoms with Crippen LogP contribution in [-0.4, -0.2) is 21.9 Å². The van der Waals surface area contributed by atoms with Crippen LogP contribution in [0.15, 0.2) is 36.5 Å². The Bertz CT molecular complexity index is 675. The molecule has 0 bridgehead atoms. The zero-order valence-electron chi connectivity index (χ0n) is 10.1. The molecule has 0 radical (unpaired) electrons. The van der Waals surface area contributed by atoms with Crippen LogP contribution in [0.5, 0.6) is 5.75 Å². The Morgan fingerprint density at radius 3 is 2.63 bits per heavy atom. The van der Waals surface area contributed by atoms with E-state index in [9.17, 15) is 14.7 Å². The van der Waals surface area contributed by atoms with Gasteiger partial charge in [0.15, 0.2) is 0 Å². The predicted octanol–water partition coefficient (Wildman–Crippen LogP) is 1.90. The summed E-state index contributed by atoms with van der Waals surface area (Å²) in [5.41, 5.74) is 1.30. The summed E-state index contributed by atoms with van der Waals surface area (Å²) >= 11 is 0. The van der Waals surface area contributed by atoms with Crippen LogP contribution in [-0.2, 0) is 0 Å². The molecule has 0 saturated heterocycles. The molecule has 5 heteroatoms.